The number of phenols is 1. The Morgan fingerprint density at radius 2 is 2.05 bits per heavy atom. The Morgan fingerprint density at radius 3 is 2.73 bits per heavy atom. The van der Waals surface area contributed by atoms with Crippen LogP contribution < -0.4 is 4.80 Å². The minimum Gasteiger partial charge on any atom is -0.507 e. The first-order chi connectivity index (χ1) is 10.5. The van der Waals surface area contributed by atoms with Gasteiger partial charge in [0.05, 0.1) is 5.56 Å². The van der Waals surface area contributed by atoms with Gasteiger partial charge in [0, 0.05) is 17.6 Å². The van der Waals surface area contributed by atoms with Gasteiger partial charge in [0.15, 0.2) is 4.80 Å². The Labute approximate surface area is 134 Å². The molecule has 1 aromatic heterocycles. The molecule has 0 unspecified atom stereocenters. The van der Waals surface area contributed by atoms with Gasteiger partial charge in [-0.3, -0.25) is 4.79 Å². The number of aromatic hydroxyl groups is 1. The molecule has 0 saturated carbocycles. The van der Waals surface area contributed by atoms with Crippen molar-refractivity contribution in [3.8, 4) is 5.75 Å². The molecule has 1 amide bonds. The topological polar surface area (TPSA) is 54.6 Å². The number of aryl methyl sites for hydroxylation is 1. The smallest absolute Gasteiger partial charge is 0.283 e. The zero-order valence-electron chi connectivity index (χ0n) is 13.3. The third-order valence-corrected chi connectivity index (χ3v) is 5.04. The highest BCUT2D eigenvalue weighted by atomic mass is 32.1. The van der Waals surface area contributed by atoms with Crippen LogP contribution in [0.2, 0.25) is 0 Å². The zero-order chi connectivity index (χ0) is 16.1. The van der Waals surface area contributed by atoms with Crippen molar-refractivity contribution in [3.05, 3.63) is 45.2 Å². The molecule has 0 aliphatic rings. The summed E-state index contributed by atoms with van der Waals surface area (Å²) in [4.78, 5) is 18.4. The second-order valence-corrected chi connectivity index (χ2v) is 6.41. The average molecular weight is 318 g/mol. The predicted molar refractivity (Wildman–Crippen MR) is 89.3 cm³/mol. The molecule has 0 bridgehead atoms. The van der Waals surface area contributed by atoms with E-state index in [-0.39, 0.29) is 11.3 Å². The van der Waals surface area contributed by atoms with Crippen molar-refractivity contribution in [2.45, 2.75) is 39.5 Å². The van der Waals surface area contributed by atoms with Crippen molar-refractivity contribution < 1.29 is 9.90 Å². The Bertz CT molecular complexity index is 729. The van der Waals surface area contributed by atoms with Crippen LogP contribution in [0.1, 0.15) is 47.1 Å². The molecule has 2 aromatic rings. The molecular weight excluding hydrogens is 296 g/mol. The van der Waals surface area contributed by atoms with E-state index in [4.69, 9.17) is 0 Å². The first-order valence-electron chi connectivity index (χ1n) is 7.57. The van der Waals surface area contributed by atoms with Crippen molar-refractivity contribution in [2.24, 2.45) is 12.0 Å². The quantitative estimate of drug-likeness (QED) is 0.857. The monoisotopic (exact) mass is 318 g/mol. The number of carbonyl (C=O) groups is 1. The van der Waals surface area contributed by atoms with Crippen molar-refractivity contribution in [2.75, 3.05) is 0 Å². The van der Waals surface area contributed by atoms with Crippen LogP contribution in [0.5, 0.6) is 5.75 Å². The van der Waals surface area contributed by atoms with E-state index in [2.05, 4.69) is 18.8 Å². The van der Waals surface area contributed by atoms with Gasteiger partial charge in [0.25, 0.3) is 5.91 Å². The van der Waals surface area contributed by atoms with E-state index in [1.807, 2.05) is 11.6 Å². The molecule has 0 atom stereocenters. The molecule has 0 radical (unpaired) electrons. The van der Waals surface area contributed by atoms with E-state index in [1.165, 1.54) is 23.8 Å². The highest BCUT2D eigenvalue weighted by molar-refractivity contribution is 7.09. The number of phenolic OH excluding ortho intramolecular Hbond substituents is 1. The maximum absolute atomic E-state index is 12.2. The minimum atomic E-state index is -0.407. The molecule has 118 valence electrons. The number of hydrogen-bond acceptors (Lipinski definition) is 3. The van der Waals surface area contributed by atoms with Gasteiger partial charge < -0.3 is 9.67 Å². The summed E-state index contributed by atoms with van der Waals surface area (Å²) in [6.45, 7) is 4.24. The Kier molecular flexibility index (Phi) is 5.55. The summed E-state index contributed by atoms with van der Waals surface area (Å²) in [5.74, 6) is -0.439. The molecule has 1 heterocycles. The zero-order valence-corrected chi connectivity index (χ0v) is 14.1. The number of unbranched alkanes of at least 4 members (excludes halogenated alkanes) is 2. The number of thiazole rings is 1. The van der Waals surface area contributed by atoms with Crippen LogP contribution in [0.15, 0.2) is 29.3 Å². The van der Waals surface area contributed by atoms with E-state index >= 15 is 0 Å². The van der Waals surface area contributed by atoms with Gasteiger partial charge >= 0.3 is 0 Å². The molecule has 1 aromatic carbocycles. The lowest BCUT2D eigenvalue weighted by Crippen LogP contribution is -2.14. The summed E-state index contributed by atoms with van der Waals surface area (Å²) < 4.78 is 1.95. The largest absolute Gasteiger partial charge is 0.507 e. The summed E-state index contributed by atoms with van der Waals surface area (Å²) in [6, 6.07) is 6.49. The summed E-state index contributed by atoms with van der Waals surface area (Å²) in [5.41, 5.74) is 1.39. The standard InChI is InChI=1S/C17H22N2O2S/c1-4-5-6-11-15-12(2)19(3)17(22-15)18-16(21)13-9-7-8-10-14(13)20/h7-10,20H,4-6,11H2,1-3H3. The van der Waals surface area contributed by atoms with Crippen LogP contribution in [0.3, 0.4) is 0 Å². The normalized spacial score (nSPS) is 11.9. The van der Waals surface area contributed by atoms with Crippen LogP contribution in [-0.2, 0) is 13.5 Å². The molecule has 0 aliphatic carbocycles. The summed E-state index contributed by atoms with van der Waals surface area (Å²) in [7, 11) is 1.92. The average Bonchev–Trinajstić information content (AvgIpc) is 2.76. The van der Waals surface area contributed by atoms with E-state index in [0.29, 0.717) is 4.80 Å². The van der Waals surface area contributed by atoms with Crippen molar-refractivity contribution in [1.29, 1.82) is 0 Å². The number of benzene rings is 1. The van der Waals surface area contributed by atoms with Gasteiger partial charge in [0.1, 0.15) is 5.75 Å². The second kappa shape index (κ2) is 7.40. The molecule has 0 saturated heterocycles. The van der Waals surface area contributed by atoms with Crippen LogP contribution >= 0.6 is 11.3 Å². The first-order valence-corrected chi connectivity index (χ1v) is 8.38. The number of nitrogens with zero attached hydrogens (tertiary/aromatic N) is 2. The second-order valence-electron chi connectivity index (χ2n) is 5.34. The number of hydrogen-bond donors (Lipinski definition) is 1. The third kappa shape index (κ3) is 3.65. The van der Waals surface area contributed by atoms with Gasteiger partial charge in [-0.1, -0.05) is 31.9 Å². The Hall–Kier alpha value is -1.88. The highest BCUT2D eigenvalue weighted by Crippen LogP contribution is 2.18. The third-order valence-electron chi connectivity index (χ3n) is 3.75. The molecule has 22 heavy (non-hydrogen) atoms. The van der Waals surface area contributed by atoms with Crippen LogP contribution in [-0.4, -0.2) is 15.6 Å². The van der Waals surface area contributed by atoms with E-state index in [1.54, 1.807) is 29.5 Å². The van der Waals surface area contributed by atoms with Gasteiger partial charge in [-0.15, -0.1) is 11.3 Å². The molecule has 0 spiro atoms. The molecule has 0 fully saturated rings. The van der Waals surface area contributed by atoms with Crippen molar-refractivity contribution in [1.82, 2.24) is 4.57 Å². The fourth-order valence-corrected chi connectivity index (χ4v) is 3.40. The Balaban J connectivity index is 2.30. The van der Waals surface area contributed by atoms with Gasteiger partial charge in [-0.25, -0.2) is 0 Å². The molecular formula is C17H22N2O2S. The first kappa shape index (κ1) is 16.5. The SMILES string of the molecule is CCCCCc1sc(=NC(=O)c2ccccc2O)n(C)c1C. The number of aromatic nitrogens is 1. The lowest BCUT2D eigenvalue weighted by molar-refractivity contribution is 0.0995. The molecule has 4 nitrogen and oxygen atoms in total. The number of para-hydroxylation sites is 1. The number of amides is 1. The van der Waals surface area contributed by atoms with Crippen LogP contribution in [0, 0.1) is 6.92 Å². The molecule has 5 heteroatoms. The number of rotatable bonds is 5. The van der Waals surface area contributed by atoms with Crippen molar-refractivity contribution in [3.63, 3.8) is 0 Å². The Morgan fingerprint density at radius 1 is 1.32 bits per heavy atom. The van der Waals surface area contributed by atoms with Gasteiger partial charge in [-0.2, -0.15) is 4.99 Å². The summed E-state index contributed by atoms with van der Waals surface area (Å²) >= 11 is 1.56. The fraction of sp³-hybridized carbons (Fsp3) is 0.412. The summed E-state index contributed by atoms with van der Waals surface area (Å²) in [5, 5.41) is 9.75. The van der Waals surface area contributed by atoms with Crippen molar-refractivity contribution >= 4 is 17.2 Å². The lowest BCUT2D eigenvalue weighted by atomic mass is 10.2. The van der Waals surface area contributed by atoms with E-state index in [9.17, 15) is 9.90 Å². The maximum atomic E-state index is 12.2. The molecule has 0 aliphatic heterocycles. The van der Waals surface area contributed by atoms with Gasteiger partial charge in [0.2, 0.25) is 0 Å². The minimum absolute atomic E-state index is 0.0321. The van der Waals surface area contributed by atoms with Crippen LogP contribution in [0.4, 0.5) is 0 Å². The molecule has 2 rings (SSSR count). The van der Waals surface area contributed by atoms with Crippen LogP contribution in [0.25, 0.3) is 0 Å². The maximum Gasteiger partial charge on any atom is 0.283 e. The van der Waals surface area contributed by atoms with Gasteiger partial charge in [-0.05, 0) is 31.9 Å². The van der Waals surface area contributed by atoms with E-state index in [0.717, 1.165) is 18.5 Å². The molecule has 1 N–H and O–H groups in total. The predicted octanol–water partition coefficient (Wildman–Crippen LogP) is 3.57. The fourth-order valence-electron chi connectivity index (χ4n) is 2.25. The van der Waals surface area contributed by atoms with E-state index < -0.39 is 5.91 Å². The summed E-state index contributed by atoms with van der Waals surface area (Å²) in [6.07, 6.45) is 4.59. The highest BCUT2D eigenvalue weighted by Gasteiger charge is 2.11. The number of carbonyl (C=O) groups excluding carboxylic acids is 1. The lowest BCUT2D eigenvalue weighted by Gasteiger charge is -2.00.